The van der Waals surface area contributed by atoms with E-state index >= 15 is 4.39 Å². The van der Waals surface area contributed by atoms with Gasteiger partial charge in [0.2, 0.25) is 29.5 Å². The molecule has 1 unspecified atom stereocenters. The van der Waals surface area contributed by atoms with Crippen molar-refractivity contribution in [2.45, 2.75) is 51.1 Å². The number of nitrogens with one attached hydrogen (secondary N) is 3. The molecule has 4 aromatic rings. The molecule has 5 aliphatic rings. The van der Waals surface area contributed by atoms with Gasteiger partial charge in [-0.2, -0.15) is 0 Å². The molecule has 3 saturated heterocycles. The maximum atomic E-state index is 15.4. The second-order valence-corrected chi connectivity index (χ2v) is 15.2. The van der Waals surface area contributed by atoms with E-state index in [1.165, 1.54) is 6.07 Å². The fourth-order valence-corrected chi connectivity index (χ4v) is 8.43. The zero-order chi connectivity index (χ0) is 38.3. The summed E-state index contributed by atoms with van der Waals surface area (Å²) in [4.78, 5) is 59.7. The van der Waals surface area contributed by atoms with Crippen LogP contribution in [-0.4, -0.2) is 107 Å². The van der Waals surface area contributed by atoms with E-state index in [1.807, 2.05) is 41.6 Å². The molecule has 0 aliphatic carbocycles. The second-order valence-electron chi connectivity index (χ2n) is 15.2. The van der Waals surface area contributed by atoms with Crippen LogP contribution >= 0.6 is 0 Å². The fourth-order valence-electron chi connectivity index (χ4n) is 8.43. The number of amides is 3. The van der Waals surface area contributed by atoms with E-state index in [4.69, 9.17) is 9.72 Å². The average molecular weight is 761 g/mol. The first-order chi connectivity index (χ1) is 27.3. The zero-order valence-corrected chi connectivity index (χ0v) is 31.4. The normalized spacial score (nSPS) is 20.0. The van der Waals surface area contributed by atoms with Gasteiger partial charge in [-0.05, 0) is 60.7 Å². The quantitative estimate of drug-likeness (QED) is 0.226. The number of pyridine rings is 1. The van der Waals surface area contributed by atoms with Crippen LogP contribution in [0, 0.1) is 12.7 Å². The minimum atomic E-state index is -0.446. The summed E-state index contributed by atoms with van der Waals surface area (Å²) < 4.78 is 21.1. The minimum Gasteiger partial charge on any atom is -0.474 e. The van der Waals surface area contributed by atoms with Crippen LogP contribution in [0.15, 0.2) is 54.9 Å². The molecule has 5 aliphatic heterocycles. The third-order valence-corrected chi connectivity index (χ3v) is 11.8. The summed E-state index contributed by atoms with van der Waals surface area (Å²) in [6.07, 6.45) is 5.41. The first-order valence-electron chi connectivity index (χ1n) is 19.5. The Balaban J connectivity index is 0.747. The number of nitrogens with zero attached hydrogens (tertiary/aromatic N) is 7. The first-order valence-corrected chi connectivity index (χ1v) is 19.5. The Labute approximate surface area is 324 Å². The molecule has 3 N–H and O–H groups in total. The van der Waals surface area contributed by atoms with E-state index in [0.29, 0.717) is 68.2 Å². The Morgan fingerprint density at radius 1 is 0.982 bits per heavy atom. The van der Waals surface area contributed by atoms with E-state index < -0.39 is 5.82 Å². The van der Waals surface area contributed by atoms with Gasteiger partial charge in [-0.3, -0.25) is 24.6 Å². The molecule has 14 nitrogen and oxygen atoms in total. The topological polar surface area (TPSA) is 148 Å². The number of carbonyl (C=O) groups is 3. The van der Waals surface area contributed by atoms with Crippen LogP contribution in [0.25, 0.3) is 0 Å². The lowest BCUT2D eigenvalue weighted by molar-refractivity contribution is -0.134. The standard InChI is InChI=1S/C41H45FN10O4/c1-25-35(21-44-40-38(25)43-11-17-56-40)51-12-10-28-20-45-41(47-34(28)24-51)46-29-5-2-27(33(42)19-29)18-37(54)50-15-13-49(14-16-50)31-22-52(23-31)30-6-3-26(4-7-30)32-8-9-36(53)48-39(32)55/h2-7,19-21,31-32,43H,8-18,22-24H2,1H3,(H,45,46,47)(H,48,53,55). The maximum absolute atomic E-state index is 15.4. The molecule has 0 saturated carbocycles. The largest absolute Gasteiger partial charge is 0.474 e. The highest BCUT2D eigenvalue weighted by molar-refractivity contribution is 6.01. The Hall–Kier alpha value is -5.83. The van der Waals surface area contributed by atoms with Crippen molar-refractivity contribution in [2.75, 3.05) is 79.4 Å². The molecule has 56 heavy (non-hydrogen) atoms. The van der Waals surface area contributed by atoms with E-state index in [1.54, 1.807) is 12.1 Å². The average Bonchev–Trinajstić information content (AvgIpc) is 3.19. The van der Waals surface area contributed by atoms with E-state index in [2.05, 4.69) is 47.5 Å². The maximum Gasteiger partial charge on any atom is 0.237 e. The van der Waals surface area contributed by atoms with Crippen LogP contribution in [0.1, 0.15) is 46.7 Å². The molecule has 290 valence electrons. The molecule has 0 radical (unpaired) electrons. The van der Waals surface area contributed by atoms with Crippen molar-refractivity contribution < 1.29 is 23.5 Å². The lowest BCUT2D eigenvalue weighted by Crippen LogP contribution is -2.63. The molecule has 0 bridgehead atoms. The van der Waals surface area contributed by atoms with Gasteiger partial charge < -0.3 is 30.1 Å². The Bertz CT molecular complexity index is 2170. The Morgan fingerprint density at radius 2 is 1.80 bits per heavy atom. The van der Waals surface area contributed by atoms with Crippen molar-refractivity contribution >= 4 is 46.4 Å². The summed E-state index contributed by atoms with van der Waals surface area (Å²) in [6.45, 7) is 9.41. The lowest BCUT2D eigenvalue weighted by atomic mass is 9.90. The van der Waals surface area contributed by atoms with Gasteiger partial charge in [0.1, 0.15) is 18.1 Å². The molecule has 15 heteroatoms. The Morgan fingerprint density at radius 3 is 2.59 bits per heavy atom. The molecule has 9 rings (SSSR count). The van der Waals surface area contributed by atoms with Crippen LogP contribution in [0.3, 0.4) is 0 Å². The second kappa shape index (κ2) is 15.0. The third kappa shape index (κ3) is 7.18. The van der Waals surface area contributed by atoms with Crippen molar-refractivity contribution in [1.29, 1.82) is 0 Å². The number of aromatic nitrogens is 3. The molecule has 3 fully saturated rings. The smallest absolute Gasteiger partial charge is 0.237 e. The van der Waals surface area contributed by atoms with Gasteiger partial charge >= 0.3 is 0 Å². The number of piperazine rings is 1. The number of hydrogen-bond acceptors (Lipinski definition) is 12. The molecule has 1 atom stereocenters. The summed E-state index contributed by atoms with van der Waals surface area (Å²) in [5.41, 5.74) is 7.98. The highest BCUT2D eigenvalue weighted by Crippen LogP contribution is 2.36. The zero-order valence-electron chi connectivity index (χ0n) is 31.4. The molecule has 7 heterocycles. The number of imide groups is 1. The number of halogens is 1. The monoisotopic (exact) mass is 760 g/mol. The summed E-state index contributed by atoms with van der Waals surface area (Å²) in [6, 6.07) is 13.3. The first kappa shape index (κ1) is 35.8. The van der Waals surface area contributed by atoms with E-state index in [9.17, 15) is 14.4 Å². The van der Waals surface area contributed by atoms with Crippen LogP contribution < -0.4 is 30.5 Å². The highest BCUT2D eigenvalue weighted by Gasteiger charge is 2.35. The van der Waals surface area contributed by atoms with Gasteiger partial charge in [-0.25, -0.2) is 19.3 Å². The molecule has 2 aromatic heterocycles. The van der Waals surface area contributed by atoms with E-state index in [0.717, 1.165) is 85.1 Å². The summed E-state index contributed by atoms with van der Waals surface area (Å²) in [7, 11) is 0. The molecule has 3 amide bonds. The van der Waals surface area contributed by atoms with Crippen molar-refractivity contribution in [3.63, 3.8) is 0 Å². The Kier molecular flexibility index (Phi) is 9.61. The van der Waals surface area contributed by atoms with Gasteiger partial charge in [0.15, 0.2) is 0 Å². The number of piperidine rings is 1. The number of hydrogen-bond donors (Lipinski definition) is 3. The predicted molar refractivity (Wildman–Crippen MR) is 209 cm³/mol. The third-order valence-electron chi connectivity index (χ3n) is 11.8. The molecule has 2 aromatic carbocycles. The number of anilines is 5. The minimum absolute atomic E-state index is 0.00192. The van der Waals surface area contributed by atoms with Crippen molar-refractivity contribution in [3.8, 4) is 5.88 Å². The van der Waals surface area contributed by atoms with Gasteiger partial charge in [0.05, 0.1) is 36.5 Å². The van der Waals surface area contributed by atoms with Gasteiger partial charge in [0.25, 0.3) is 0 Å². The van der Waals surface area contributed by atoms with Crippen LogP contribution in [-0.2, 0) is 33.8 Å². The van der Waals surface area contributed by atoms with Crippen molar-refractivity contribution in [1.82, 2.24) is 30.1 Å². The highest BCUT2D eigenvalue weighted by atomic mass is 19.1. The lowest BCUT2D eigenvalue weighted by Gasteiger charge is -2.49. The summed E-state index contributed by atoms with van der Waals surface area (Å²) in [5, 5.41) is 9.00. The number of ether oxygens (including phenoxy) is 1. The van der Waals surface area contributed by atoms with Crippen molar-refractivity contribution in [3.05, 3.63) is 88.6 Å². The van der Waals surface area contributed by atoms with Crippen LogP contribution in [0.4, 0.5) is 33.1 Å². The van der Waals surface area contributed by atoms with Crippen LogP contribution in [0.2, 0.25) is 0 Å². The van der Waals surface area contributed by atoms with Crippen LogP contribution in [0.5, 0.6) is 5.88 Å². The van der Waals surface area contributed by atoms with Gasteiger partial charge in [-0.15, -0.1) is 0 Å². The number of fused-ring (bicyclic) bond motifs is 2. The number of rotatable bonds is 8. The molecule has 0 spiro atoms. The SMILES string of the molecule is Cc1c(N2CCc3cnc(Nc4ccc(CC(=O)N5CCN(C6CN(c7ccc(C8CCC(=O)NC8=O)cc7)C6)CC5)c(F)c4)nc3C2)cnc2c1NCCO2. The van der Waals surface area contributed by atoms with Gasteiger partial charge in [0, 0.05) is 88.0 Å². The number of benzene rings is 2. The van der Waals surface area contributed by atoms with Crippen molar-refractivity contribution in [2.24, 2.45) is 0 Å². The summed E-state index contributed by atoms with van der Waals surface area (Å²) in [5.74, 6) is -0.206. The predicted octanol–water partition coefficient (Wildman–Crippen LogP) is 3.53. The molecular formula is C41H45FN10O4. The number of carbonyl (C=O) groups excluding carboxylic acids is 3. The fraction of sp³-hybridized carbons (Fsp3) is 0.415. The van der Waals surface area contributed by atoms with Gasteiger partial charge in [-0.1, -0.05) is 18.2 Å². The van der Waals surface area contributed by atoms with E-state index in [-0.39, 0.29) is 30.1 Å². The summed E-state index contributed by atoms with van der Waals surface area (Å²) >= 11 is 0. The molecular weight excluding hydrogens is 716 g/mol.